The number of methoxy groups -OCH3 is 1. The largest absolute Gasteiger partial charge is 0.497 e. The highest BCUT2D eigenvalue weighted by Gasteiger charge is 2.41. The summed E-state index contributed by atoms with van der Waals surface area (Å²) < 4.78 is 5.34. The van der Waals surface area contributed by atoms with Gasteiger partial charge in [-0.3, -0.25) is 9.59 Å². The molecule has 0 spiro atoms. The van der Waals surface area contributed by atoms with Gasteiger partial charge in [-0.15, -0.1) is 0 Å². The Hall–Kier alpha value is -2.04. The number of nitrogens with zero attached hydrogens (tertiary/aromatic N) is 2. The van der Waals surface area contributed by atoms with E-state index in [1.165, 1.54) is 0 Å². The topological polar surface area (TPSA) is 49.9 Å². The smallest absolute Gasteiger partial charge is 0.228 e. The molecule has 0 radical (unpaired) electrons. The summed E-state index contributed by atoms with van der Waals surface area (Å²) in [5, 5.41) is 0. The summed E-state index contributed by atoms with van der Waals surface area (Å²) in [4.78, 5) is 29.3. The second kappa shape index (κ2) is 7.24. The molecule has 2 atom stereocenters. The monoisotopic (exact) mass is 330 g/mol. The summed E-state index contributed by atoms with van der Waals surface area (Å²) in [6.45, 7) is 4.29. The van der Waals surface area contributed by atoms with Gasteiger partial charge in [-0.05, 0) is 43.9 Å². The zero-order valence-corrected chi connectivity index (χ0v) is 14.5. The lowest BCUT2D eigenvalue weighted by atomic mass is 9.83. The van der Waals surface area contributed by atoms with Crippen LogP contribution in [0.2, 0.25) is 0 Å². The Balaban J connectivity index is 1.95. The molecule has 0 aliphatic carbocycles. The van der Waals surface area contributed by atoms with Crippen molar-refractivity contribution in [1.82, 2.24) is 9.80 Å². The van der Waals surface area contributed by atoms with Crippen LogP contribution in [0.1, 0.15) is 44.2 Å². The van der Waals surface area contributed by atoms with Crippen LogP contribution in [0.25, 0.3) is 0 Å². The quantitative estimate of drug-likeness (QED) is 0.853. The third-order valence-corrected chi connectivity index (χ3v) is 5.22. The molecule has 3 rings (SSSR count). The van der Waals surface area contributed by atoms with Gasteiger partial charge in [-0.1, -0.05) is 12.1 Å². The maximum atomic E-state index is 13.1. The lowest BCUT2D eigenvalue weighted by molar-refractivity contribution is -0.147. The van der Waals surface area contributed by atoms with Crippen molar-refractivity contribution < 1.29 is 14.3 Å². The summed E-state index contributed by atoms with van der Waals surface area (Å²) in [6, 6.07) is 7.58. The normalized spacial score (nSPS) is 24.3. The average molecular weight is 330 g/mol. The summed E-state index contributed by atoms with van der Waals surface area (Å²) in [5.41, 5.74) is 0.988. The Morgan fingerprint density at radius 3 is 2.71 bits per heavy atom. The summed E-state index contributed by atoms with van der Waals surface area (Å²) in [6.07, 6.45) is 3.25. The van der Waals surface area contributed by atoms with Crippen LogP contribution in [-0.2, 0) is 9.59 Å². The third-order valence-electron chi connectivity index (χ3n) is 5.22. The van der Waals surface area contributed by atoms with Crippen molar-refractivity contribution in [3.63, 3.8) is 0 Å². The molecule has 5 nitrogen and oxygen atoms in total. The standard InChI is InChI=1S/C19H26N2O3/c1-3-21-17(22)10-9-16(19(23)20-11-4-5-12-20)18(21)14-7-6-8-15(13-14)24-2/h6-8,13,16,18H,3-5,9-12H2,1-2H3/t16-,18+/m1/s1. The van der Waals surface area contributed by atoms with Crippen LogP contribution in [0.4, 0.5) is 0 Å². The molecule has 2 fully saturated rings. The number of hydrogen-bond acceptors (Lipinski definition) is 3. The molecule has 130 valence electrons. The summed E-state index contributed by atoms with van der Waals surface area (Å²) in [5.74, 6) is 0.934. The van der Waals surface area contributed by atoms with Crippen molar-refractivity contribution in [1.29, 1.82) is 0 Å². The number of piperidine rings is 1. The predicted octanol–water partition coefficient (Wildman–Crippen LogP) is 2.62. The van der Waals surface area contributed by atoms with Gasteiger partial charge in [0.25, 0.3) is 0 Å². The van der Waals surface area contributed by atoms with Gasteiger partial charge >= 0.3 is 0 Å². The van der Waals surface area contributed by atoms with E-state index in [1.54, 1.807) is 7.11 Å². The second-order valence-corrected chi connectivity index (χ2v) is 6.58. The lowest BCUT2D eigenvalue weighted by Crippen LogP contribution is -2.48. The molecule has 0 unspecified atom stereocenters. The molecular weight excluding hydrogens is 304 g/mol. The minimum atomic E-state index is -0.195. The van der Waals surface area contributed by atoms with E-state index in [4.69, 9.17) is 4.74 Å². The number of carbonyl (C=O) groups excluding carboxylic acids is 2. The van der Waals surface area contributed by atoms with E-state index in [9.17, 15) is 9.59 Å². The highest BCUT2D eigenvalue weighted by atomic mass is 16.5. The fraction of sp³-hybridized carbons (Fsp3) is 0.579. The van der Waals surface area contributed by atoms with Gasteiger partial charge in [0.05, 0.1) is 19.1 Å². The molecule has 24 heavy (non-hydrogen) atoms. The summed E-state index contributed by atoms with van der Waals surface area (Å²) >= 11 is 0. The number of benzene rings is 1. The number of carbonyl (C=O) groups is 2. The van der Waals surface area contributed by atoms with Crippen LogP contribution in [0.15, 0.2) is 24.3 Å². The molecular formula is C19H26N2O3. The van der Waals surface area contributed by atoms with Gasteiger partial charge in [-0.2, -0.15) is 0 Å². The van der Waals surface area contributed by atoms with Crippen molar-refractivity contribution >= 4 is 11.8 Å². The van der Waals surface area contributed by atoms with Gasteiger partial charge in [0.15, 0.2) is 0 Å². The highest BCUT2D eigenvalue weighted by molar-refractivity contribution is 5.85. The maximum absolute atomic E-state index is 13.1. The van der Waals surface area contributed by atoms with Crippen molar-refractivity contribution in [2.45, 2.75) is 38.6 Å². The average Bonchev–Trinajstić information content (AvgIpc) is 3.15. The predicted molar refractivity (Wildman–Crippen MR) is 91.7 cm³/mol. The maximum Gasteiger partial charge on any atom is 0.228 e. The Labute approximate surface area is 143 Å². The molecule has 0 aromatic heterocycles. The first kappa shape index (κ1) is 16.8. The molecule has 2 heterocycles. The molecule has 0 saturated carbocycles. The van der Waals surface area contributed by atoms with Crippen LogP contribution in [0, 0.1) is 5.92 Å². The first-order valence-electron chi connectivity index (χ1n) is 8.88. The van der Waals surface area contributed by atoms with Crippen LogP contribution in [0.3, 0.4) is 0 Å². The first-order valence-corrected chi connectivity index (χ1v) is 8.88. The Kier molecular flexibility index (Phi) is 5.07. The van der Waals surface area contributed by atoms with Crippen molar-refractivity contribution in [3.8, 4) is 5.75 Å². The SMILES string of the molecule is CCN1C(=O)CC[C@@H](C(=O)N2CCCC2)[C@@H]1c1cccc(OC)c1. The molecule has 2 saturated heterocycles. The number of amides is 2. The summed E-state index contributed by atoms with van der Waals surface area (Å²) in [7, 11) is 1.63. The fourth-order valence-corrected chi connectivity index (χ4v) is 3.99. The van der Waals surface area contributed by atoms with Gasteiger partial charge in [0.1, 0.15) is 5.75 Å². The van der Waals surface area contributed by atoms with E-state index in [1.807, 2.05) is 41.0 Å². The number of hydrogen-bond donors (Lipinski definition) is 0. The van der Waals surface area contributed by atoms with Crippen molar-refractivity contribution in [3.05, 3.63) is 29.8 Å². The number of ether oxygens (including phenoxy) is 1. The molecule has 1 aromatic carbocycles. The van der Waals surface area contributed by atoms with E-state index >= 15 is 0 Å². The Bertz CT molecular complexity index is 610. The number of rotatable bonds is 4. The van der Waals surface area contributed by atoms with Gasteiger partial charge < -0.3 is 14.5 Å². The van der Waals surface area contributed by atoms with E-state index < -0.39 is 0 Å². The zero-order chi connectivity index (χ0) is 17.1. The minimum absolute atomic E-state index is 0.135. The molecule has 5 heteroatoms. The Morgan fingerprint density at radius 2 is 2.04 bits per heavy atom. The van der Waals surface area contributed by atoms with E-state index in [0.717, 1.165) is 37.2 Å². The van der Waals surface area contributed by atoms with Crippen LogP contribution in [-0.4, -0.2) is 48.4 Å². The fourth-order valence-electron chi connectivity index (χ4n) is 3.99. The Morgan fingerprint density at radius 1 is 1.29 bits per heavy atom. The molecule has 2 aliphatic heterocycles. The van der Waals surface area contributed by atoms with Gasteiger partial charge in [0.2, 0.25) is 11.8 Å². The van der Waals surface area contributed by atoms with Crippen molar-refractivity contribution in [2.75, 3.05) is 26.7 Å². The van der Waals surface area contributed by atoms with E-state index in [0.29, 0.717) is 19.4 Å². The first-order chi connectivity index (χ1) is 11.7. The molecule has 0 N–H and O–H groups in total. The van der Waals surface area contributed by atoms with Crippen LogP contribution in [0.5, 0.6) is 5.75 Å². The van der Waals surface area contributed by atoms with Gasteiger partial charge in [-0.25, -0.2) is 0 Å². The van der Waals surface area contributed by atoms with Crippen molar-refractivity contribution in [2.24, 2.45) is 5.92 Å². The number of likely N-dealkylation sites (tertiary alicyclic amines) is 2. The van der Waals surface area contributed by atoms with Crippen LogP contribution >= 0.6 is 0 Å². The lowest BCUT2D eigenvalue weighted by Gasteiger charge is -2.41. The molecule has 1 aromatic rings. The van der Waals surface area contributed by atoms with Crippen LogP contribution < -0.4 is 4.74 Å². The molecule has 2 amide bonds. The molecule has 0 bridgehead atoms. The zero-order valence-electron chi connectivity index (χ0n) is 14.5. The highest BCUT2D eigenvalue weighted by Crippen LogP contribution is 2.39. The van der Waals surface area contributed by atoms with Gasteiger partial charge in [0, 0.05) is 26.1 Å². The van der Waals surface area contributed by atoms with E-state index in [-0.39, 0.29) is 23.8 Å². The van der Waals surface area contributed by atoms with E-state index in [2.05, 4.69) is 0 Å². The second-order valence-electron chi connectivity index (χ2n) is 6.58. The molecule has 2 aliphatic rings. The third kappa shape index (κ3) is 3.12. The minimum Gasteiger partial charge on any atom is -0.497 e.